The summed E-state index contributed by atoms with van der Waals surface area (Å²) in [6.45, 7) is 1.66. The Morgan fingerprint density at radius 2 is 1.84 bits per heavy atom. The summed E-state index contributed by atoms with van der Waals surface area (Å²) < 4.78 is 56.6. The second kappa shape index (κ2) is 9.75. The van der Waals surface area contributed by atoms with Crippen molar-refractivity contribution in [2.75, 3.05) is 15.8 Å². The number of nitrogens with one attached hydrogen (secondary N) is 3. The summed E-state index contributed by atoms with van der Waals surface area (Å²) >= 11 is 0. The van der Waals surface area contributed by atoms with E-state index in [1.165, 1.54) is 12.5 Å². The molecule has 0 aliphatic rings. The van der Waals surface area contributed by atoms with Gasteiger partial charge in [-0.05, 0) is 41.5 Å². The maximum absolute atomic E-state index is 15.4. The molecule has 2 heterocycles. The molecule has 0 aliphatic heterocycles. The van der Waals surface area contributed by atoms with Gasteiger partial charge in [-0.25, -0.2) is 27.2 Å². The predicted molar refractivity (Wildman–Crippen MR) is 139 cm³/mol. The van der Waals surface area contributed by atoms with Gasteiger partial charge < -0.3 is 15.4 Å². The Morgan fingerprint density at radius 1 is 1.05 bits per heavy atom. The quantitative estimate of drug-likeness (QED) is 0.217. The Bertz CT molecular complexity index is 1720. The normalized spacial score (nSPS) is 12.6. The van der Waals surface area contributed by atoms with E-state index in [1.807, 2.05) is 42.5 Å². The van der Waals surface area contributed by atoms with Crippen molar-refractivity contribution in [2.24, 2.45) is 0 Å². The Balaban J connectivity index is 1.55. The molecule has 37 heavy (non-hydrogen) atoms. The minimum absolute atomic E-state index is 0.116. The maximum atomic E-state index is 15.4. The summed E-state index contributed by atoms with van der Waals surface area (Å²) in [6.07, 6.45) is 1.24. The molecule has 0 aliphatic carbocycles. The van der Waals surface area contributed by atoms with Crippen LogP contribution >= 0.6 is 0 Å². The number of anilines is 3. The molecule has 190 valence electrons. The first-order chi connectivity index (χ1) is 17.8. The highest BCUT2D eigenvalue weighted by molar-refractivity contribution is 7.92. The molecule has 8 nitrogen and oxygen atoms in total. The van der Waals surface area contributed by atoms with Crippen LogP contribution in [-0.4, -0.2) is 34.2 Å². The Labute approximate surface area is 211 Å². The van der Waals surface area contributed by atoms with E-state index in [-0.39, 0.29) is 11.3 Å². The highest BCUT2D eigenvalue weighted by atomic mass is 32.2. The SMILES string of the molecule is CCCS(=O)(=O)Nc1ccc(F)c(C(O)c2c[nH]c3ncnc(Nc4ccc5ccccc5c4)c23)c1F. The molecule has 0 radical (unpaired) electrons. The molecule has 5 rings (SSSR count). The topological polar surface area (TPSA) is 120 Å². The predicted octanol–water partition coefficient (Wildman–Crippen LogP) is 5.37. The highest BCUT2D eigenvalue weighted by Crippen LogP contribution is 2.37. The third-order valence-corrected chi connectivity index (χ3v) is 7.42. The van der Waals surface area contributed by atoms with Crippen LogP contribution in [0.3, 0.4) is 0 Å². The van der Waals surface area contributed by atoms with Crippen LogP contribution < -0.4 is 10.0 Å². The maximum Gasteiger partial charge on any atom is 0.232 e. The first kappa shape index (κ1) is 24.6. The van der Waals surface area contributed by atoms with Gasteiger partial charge in [0.15, 0.2) is 5.82 Å². The summed E-state index contributed by atoms with van der Waals surface area (Å²) in [5.74, 6) is -2.15. The summed E-state index contributed by atoms with van der Waals surface area (Å²) in [7, 11) is -3.84. The van der Waals surface area contributed by atoms with Crippen molar-refractivity contribution in [3.8, 4) is 0 Å². The minimum Gasteiger partial charge on any atom is -0.383 e. The van der Waals surface area contributed by atoms with E-state index in [1.54, 1.807) is 6.92 Å². The number of aliphatic hydroxyl groups is 1. The number of benzene rings is 3. The Kier molecular flexibility index (Phi) is 6.48. The van der Waals surface area contributed by atoms with Gasteiger partial charge in [0.05, 0.1) is 22.4 Å². The molecule has 5 aromatic rings. The molecule has 3 aromatic carbocycles. The van der Waals surface area contributed by atoms with Gasteiger partial charge in [-0.2, -0.15) is 0 Å². The molecular weight excluding hydrogens is 500 g/mol. The van der Waals surface area contributed by atoms with Gasteiger partial charge >= 0.3 is 0 Å². The highest BCUT2D eigenvalue weighted by Gasteiger charge is 2.27. The zero-order chi connectivity index (χ0) is 26.2. The number of hydrogen-bond donors (Lipinski definition) is 4. The second-order valence-electron chi connectivity index (χ2n) is 8.52. The van der Waals surface area contributed by atoms with E-state index in [2.05, 4.69) is 25.0 Å². The summed E-state index contributed by atoms with van der Waals surface area (Å²) in [4.78, 5) is 11.4. The van der Waals surface area contributed by atoms with Gasteiger partial charge in [0.2, 0.25) is 10.0 Å². The van der Waals surface area contributed by atoms with Gasteiger partial charge in [-0.15, -0.1) is 0 Å². The lowest BCUT2D eigenvalue weighted by Gasteiger charge is -2.17. The molecule has 1 unspecified atom stereocenters. The minimum atomic E-state index is -3.84. The van der Waals surface area contributed by atoms with Crippen molar-refractivity contribution in [3.63, 3.8) is 0 Å². The fraction of sp³-hybridized carbons (Fsp3) is 0.154. The van der Waals surface area contributed by atoms with Crippen molar-refractivity contribution in [3.05, 3.63) is 89.9 Å². The van der Waals surface area contributed by atoms with Crippen molar-refractivity contribution in [2.45, 2.75) is 19.4 Å². The van der Waals surface area contributed by atoms with Crippen LogP contribution in [0.1, 0.15) is 30.6 Å². The van der Waals surface area contributed by atoms with Gasteiger partial charge in [-0.1, -0.05) is 37.3 Å². The van der Waals surface area contributed by atoms with E-state index in [0.29, 0.717) is 29.0 Å². The third kappa shape index (κ3) is 4.83. The van der Waals surface area contributed by atoms with Crippen LogP contribution in [0.2, 0.25) is 0 Å². The van der Waals surface area contributed by atoms with Crippen molar-refractivity contribution >= 4 is 49.0 Å². The summed E-state index contributed by atoms with van der Waals surface area (Å²) in [5, 5.41) is 16.7. The molecule has 4 N–H and O–H groups in total. The third-order valence-electron chi connectivity index (χ3n) is 5.95. The number of H-pyrrole nitrogens is 1. The number of halogens is 2. The van der Waals surface area contributed by atoms with Crippen LogP contribution in [0.4, 0.5) is 26.0 Å². The number of aromatic amines is 1. The number of fused-ring (bicyclic) bond motifs is 2. The number of aromatic nitrogens is 3. The number of rotatable bonds is 8. The number of nitrogens with zero attached hydrogens (tertiary/aromatic N) is 2. The van der Waals surface area contributed by atoms with Crippen molar-refractivity contribution < 1.29 is 22.3 Å². The lowest BCUT2D eigenvalue weighted by atomic mass is 10.00. The largest absolute Gasteiger partial charge is 0.383 e. The first-order valence-electron chi connectivity index (χ1n) is 11.5. The van der Waals surface area contributed by atoms with Crippen molar-refractivity contribution in [1.82, 2.24) is 15.0 Å². The van der Waals surface area contributed by atoms with Gasteiger partial charge in [0.25, 0.3) is 0 Å². The number of aliphatic hydroxyl groups excluding tert-OH is 1. The van der Waals surface area contributed by atoms with Crippen LogP contribution in [-0.2, 0) is 10.0 Å². The fourth-order valence-corrected chi connectivity index (χ4v) is 5.37. The molecular formula is C26H23F2N5O3S. The van der Waals surface area contributed by atoms with Crippen LogP contribution in [0.15, 0.2) is 67.1 Å². The molecule has 0 saturated heterocycles. The van der Waals surface area contributed by atoms with E-state index >= 15 is 4.39 Å². The van der Waals surface area contributed by atoms with Gasteiger partial charge in [0.1, 0.15) is 29.7 Å². The average molecular weight is 524 g/mol. The molecule has 0 fully saturated rings. The zero-order valence-corrected chi connectivity index (χ0v) is 20.5. The second-order valence-corrected chi connectivity index (χ2v) is 10.4. The Hall–Kier alpha value is -4.09. The monoisotopic (exact) mass is 523 g/mol. The molecule has 0 saturated carbocycles. The van der Waals surface area contributed by atoms with Gasteiger partial charge in [0, 0.05) is 17.4 Å². The first-order valence-corrected chi connectivity index (χ1v) is 13.2. The fourth-order valence-electron chi connectivity index (χ4n) is 4.24. The van der Waals surface area contributed by atoms with Crippen LogP contribution in [0.25, 0.3) is 21.8 Å². The lowest BCUT2D eigenvalue weighted by molar-refractivity contribution is 0.211. The molecule has 0 bridgehead atoms. The summed E-state index contributed by atoms with van der Waals surface area (Å²) in [6, 6.07) is 15.5. The molecule has 0 spiro atoms. The molecule has 0 amide bonds. The standard InChI is InChI=1S/C26H23F2N5O3S/c1-2-11-37(35,36)33-20-10-9-19(27)22(23(20)28)24(34)18-13-29-25-21(18)26(31-14-30-25)32-17-8-7-15-5-3-4-6-16(15)12-17/h3-10,12-14,24,33-34H,2,11H2,1H3,(H2,29,30,31,32). The van der Waals surface area contributed by atoms with E-state index < -0.39 is 39.0 Å². The van der Waals surface area contributed by atoms with E-state index in [0.717, 1.165) is 22.9 Å². The summed E-state index contributed by atoms with van der Waals surface area (Å²) in [5.41, 5.74) is 0.0239. The van der Waals surface area contributed by atoms with Crippen molar-refractivity contribution in [1.29, 1.82) is 0 Å². The Morgan fingerprint density at radius 3 is 2.62 bits per heavy atom. The van der Waals surface area contributed by atoms with Crippen LogP contribution in [0.5, 0.6) is 0 Å². The van der Waals surface area contributed by atoms with Crippen LogP contribution in [0, 0.1) is 11.6 Å². The molecule has 11 heteroatoms. The lowest BCUT2D eigenvalue weighted by Crippen LogP contribution is -2.18. The van der Waals surface area contributed by atoms with E-state index in [9.17, 15) is 17.9 Å². The average Bonchev–Trinajstić information content (AvgIpc) is 3.31. The molecule has 2 aromatic heterocycles. The molecule has 1 atom stereocenters. The number of hydrogen-bond acceptors (Lipinski definition) is 6. The zero-order valence-electron chi connectivity index (χ0n) is 19.7. The smallest absolute Gasteiger partial charge is 0.232 e. The number of sulfonamides is 1. The van der Waals surface area contributed by atoms with Gasteiger partial charge in [-0.3, -0.25) is 4.72 Å². The van der Waals surface area contributed by atoms with E-state index in [4.69, 9.17) is 0 Å².